The molecule has 0 heterocycles. The van der Waals surface area contributed by atoms with Gasteiger partial charge in [0.25, 0.3) is 5.91 Å². The molecule has 132 valence electrons. The second-order valence-corrected chi connectivity index (χ2v) is 7.12. The van der Waals surface area contributed by atoms with Crippen LogP contribution in [0.25, 0.3) is 0 Å². The minimum atomic E-state index is -0.248. The topological polar surface area (TPSA) is 47.6 Å². The summed E-state index contributed by atoms with van der Waals surface area (Å²) in [7, 11) is 0. The maximum atomic E-state index is 12.1. The quantitative estimate of drug-likeness (QED) is 0.473. The standard InChI is InChI=1S/C20H15Br2NO3/c21-14-9-10-19(18(22)11-14)23-20(24)13-25-16-7-4-8-17(12-16)26-15-5-2-1-3-6-15/h1-12H,13H2,(H,23,24). The highest BCUT2D eigenvalue weighted by Gasteiger charge is 2.08. The normalized spacial score (nSPS) is 10.2. The van der Waals surface area contributed by atoms with Crippen LogP contribution in [-0.4, -0.2) is 12.5 Å². The van der Waals surface area contributed by atoms with Crippen LogP contribution in [0.2, 0.25) is 0 Å². The van der Waals surface area contributed by atoms with E-state index in [0.29, 0.717) is 17.2 Å². The number of para-hydroxylation sites is 1. The molecule has 0 bridgehead atoms. The molecule has 0 aliphatic rings. The Hall–Kier alpha value is -2.31. The average Bonchev–Trinajstić information content (AvgIpc) is 2.64. The van der Waals surface area contributed by atoms with Gasteiger partial charge in [-0.3, -0.25) is 4.79 Å². The van der Waals surface area contributed by atoms with Crippen molar-refractivity contribution in [1.82, 2.24) is 0 Å². The molecular weight excluding hydrogens is 462 g/mol. The second kappa shape index (κ2) is 8.87. The highest BCUT2D eigenvalue weighted by Crippen LogP contribution is 2.27. The number of hydrogen-bond donors (Lipinski definition) is 1. The fourth-order valence-corrected chi connectivity index (χ4v) is 3.32. The van der Waals surface area contributed by atoms with E-state index in [0.717, 1.165) is 14.7 Å². The summed E-state index contributed by atoms with van der Waals surface area (Å²) in [5, 5.41) is 2.80. The number of hydrogen-bond acceptors (Lipinski definition) is 3. The molecule has 0 aliphatic heterocycles. The molecule has 1 amide bonds. The van der Waals surface area contributed by atoms with E-state index in [1.807, 2.05) is 54.6 Å². The van der Waals surface area contributed by atoms with Crippen LogP contribution in [0.1, 0.15) is 0 Å². The zero-order chi connectivity index (χ0) is 18.4. The predicted octanol–water partition coefficient (Wildman–Crippen LogP) is 6.02. The average molecular weight is 477 g/mol. The van der Waals surface area contributed by atoms with Gasteiger partial charge in [-0.1, -0.05) is 40.2 Å². The summed E-state index contributed by atoms with van der Waals surface area (Å²) >= 11 is 6.79. The minimum Gasteiger partial charge on any atom is -0.484 e. The fraction of sp³-hybridized carbons (Fsp3) is 0.0500. The van der Waals surface area contributed by atoms with Gasteiger partial charge < -0.3 is 14.8 Å². The van der Waals surface area contributed by atoms with Crippen molar-refractivity contribution in [2.45, 2.75) is 0 Å². The highest BCUT2D eigenvalue weighted by molar-refractivity contribution is 9.11. The number of nitrogens with one attached hydrogen (secondary N) is 1. The lowest BCUT2D eigenvalue weighted by molar-refractivity contribution is -0.118. The minimum absolute atomic E-state index is 0.0999. The fourth-order valence-electron chi connectivity index (χ4n) is 2.18. The number of rotatable bonds is 6. The van der Waals surface area contributed by atoms with Gasteiger partial charge >= 0.3 is 0 Å². The Morgan fingerprint density at radius 3 is 2.35 bits per heavy atom. The van der Waals surface area contributed by atoms with E-state index in [1.54, 1.807) is 18.2 Å². The summed E-state index contributed by atoms with van der Waals surface area (Å²) < 4.78 is 13.0. The number of ether oxygens (including phenoxy) is 2. The SMILES string of the molecule is O=C(COc1cccc(Oc2ccccc2)c1)Nc1ccc(Br)cc1Br. The van der Waals surface area contributed by atoms with E-state index in [9.17, 15) is 4.79 Å². The first-order valence-corrected chi connectivity index (χ1v) is 9.39. The van der Waals surface area contributed by atoms with Crippen LogP contribution >= 0.6 is 31.9 Å². The van der Waals surface area contributed by atoms with E-state index in [2.05, 4.69) is 37.2 Å². The Labute approximate surface area is 168 Å². The summed E-state index contributed by atoms with van der Waals surface area (Å²) in [6.07, 6.45) is 0. The van der Waals surface area contributed by atoms with Crippen molar-refractivity contribution in [1.29, 1.82) is 0 Å². The smallest absolute Gasteiger partial charge is 0.262 e. The summed E-state index contributed by atoms with van der Waals surface area (Å²) in [4.78, 5) is 12.1. The molecule has 4 nitrogen and oxygen atoms in total. The van der Waals surface area contributed by atoms with Gasteiger partial charge in [-0.05, 0) is 58.4 Å². The van der Waals surface area contributed by atoms with Gasteiger partial charge in [0.15, 0.2) is 6.61 Å². The third kappa shape index (κ3) is 5.34. The molecule has 0 saturated carbocycles. The summed E-state index contributed by atoms with van der Waals surface area (Å²) in [6.45, 7) is -0.0999. The summed E-state index contributed by atoms with van der Waals surface area (Å²) in [5.74, 6) is 1.69. The number of halogens is 2. The number of benzene rings is 3. The van der Waals surface area contributed by atoms with Gasteiger partial charge in [-0.15, -0.1) is 0 Å². The Bertz CT molecular complexity index is 901. The van der Waals surface area contributed by atoms with Crippen molar-refractivity contribution >= 4 is 43.5 Å². The van der Waals surface area contributed by atoms with Gasteiger partial charge in [0.05, 0.1) is 5.69 Å². The summed E-state index contributed by atoms with van der Waals surface area (Å²) in [6, 6.07) is 22.2. The van der Waals surface area contributed by atoms with Crippen LogP contribution < -0.4 is 14.8 Å². The molecule has 0 aromatic heterocycles. The Balaban J connectivity index is 1.57. The monoisotopic (exact) mass is 475 g/mol. The van der Waals surface area contributed by atoms with Crippen LogP contribution in [0.15, 0.2) is 81.7 Å². The lowest BCUT2D eigenvalue weighted by Crippen LogP contribution is -2.20. The van der Waals surface area contributed by atoms with Gasteiger partial charge in [0, 0.05) is 15.0 Å². The predicted molar refractivity (Wildman–Crippen MR) is 109 cm³/mol. The first-order valence-electron chi connectivity index (χ1n) is 7.81. The highest BCUT2D eigenvalue weighted by atomic mass is 79.9. The van der Waals surface area contributed by atoms with Gasteiger partial charge in [-0.25, -0.2) is 0 Å². The number of amides is 1. The first kappa shape index (κ1) is 18.5. The molecule has 0 aliphatic carbocycles. The molecule has 0 saturated heterocycles. The molecule has 0 unspecified atom stereocenters. The van der Waals surface area contributed by atoms with Crippen molar-refractivity contribution in [3.63, 3.8) is 0 Å². The van der Waals surface area contributed by atoms with Gasteiger partial charge in [0.1, 0.15) is 17.2 Å². The Morgan fingerprint density at radius 2 is 1.58 bits per heavy atom. The molecule has 3 rings (SSSR count). The molecule has 0 atom stereocenters. The van der Waals surface area contributed by atoms with Crippen LogP contribution in [-0.2, 0) is 4.79 Å². The first-order chi connectivity index (χ1) is 12.6. The van der Waals surface area contributed by atoms with E-state index >= 15 is 0 Å². The van der Waals surface area contributed by atoms with Crippen LogP contribution in [0.3, 0.4) is 0 Å². The van der Waals surface area contributed by atoms with Gasteiger partial charge in [0.2, 0.25) is 0 Å². The number of carbonyl (C=O) groups is 1. The lowest BCUT2D eigenvalue weighted by atomic mass is 10.3. The molecule has 26 heavy (non-hydrogen) atoms. The van der Waals surface area contributed by atoms with Crippen molar-refractivity contribution in [2.24, 2.45) is 0 Å². The van der Waals surface area contributed by atoms with Crippen molar-refractivity contribution < 1.29 is 14.3 Å². The van der Waals surface area contributed by atoms with Crippen LogP contribution in [0.4, 0.5) is 5.69 Å². The number of carbonyl (C=O) groups excluding carboxylic acids is 1. The third-order valence-electron chi connectivity index (χ3n) is 3.36. The third-order valence-corrected chi connectivity index (χ3v) is 4.51. The molecule has 0 fully saturated rings. The van der Waals surface area contributed by atoms with Gasteiger partial charge in [-0.2, -0.15) is 0 Å². The molecule has 0 spiro atoms. The Morgan fingerprint density at radius 1 is 0.846 bits per heavy atom. The maximum Gasteiger partial charge on any atom is 0.262 e. The van der Waals surface area contributed by atoms with E-state index in [4.69, 9.17) is 9.47 Å². The molecule has 0 radical (unpaired) electrons. The molecular formula is C20H15Br2NO3. The van der Waals surface area contributed by atoms with Crippen molar-refractivity contribution in [3.05, 3.63) is 81.7 Å². The maximum absolute atomic E-state index is 12.1. The second-order valence-electron chi connectivity index (χ2n) is 5.35. The molecule has 1 N–H and O–H groups in total. The van der Waals surface area contributed by atoms with Crippen LogP contribution in [0.5, 0.6) is 17.2 Å². The number of anilines is 1. The molecule has 3 aromatic carbocycles. The zero-order valence-electron chi connectivity index (χ0n) is 13.6. The zero-order valence-corrected chi connectivity index (χ0v) is 16.8. The molecule has 6 heteroatoms. The van der Waals surface area contributed by atoms with E-state index in [1.165, 1.54) is 0 Å². The molecule has 3 aromatic rings. The lowest BCUT2D eigenvalue weighted by Gasteiger charge is -2.10. The van der Waals surface area contributed by atoms with E-state index < -0.39 is 0 Å². The summed E-state index contributed by atoms with van der Waals surface area (Å²) in [5.41, 5.74) is 0.683. The Kier molecular flexibility index (Phi) is 6.30. The van der Waals surface area contributed by atoms with E-state index in [-0.39, 0.29) is 12.5 Å². The van der Waals surface area contributed by atoms with Crippen LogP contribution in [0, 0.1) is 0 Å². The van der Waals surface area contributed by atoms with Crippen molar-refractivity contribution in [2.75, 3.05) is 11.9 Å². The largest absolute Gasteiger partial charge is 0.484 e. The van der Waals surface area contributed by atoms with Crippen molar-refractivity contribution in [3.8, 4) is 17.2 Å².